The minimum Gasteiger partial charge on any atom is -0.350 e. The highest BCUT2D eigenvalue weighted by molar-refractivity contribution is 7.89. The Morgan fingerprint density at radius 2 is 1.69 bits per heavy atom. The van der Waals surface area contributed by atoms with Gasteiger partial charge in [-0.3, -0.25) is 9.69 Å². The lowest BCUT2D eigenvalue weighted by Crippen LogP contribution is -2.63. The lowest BCUT2D eigenvalue weighted by atomic mass is 9.78. The summed E-state index contributed by atoms with van der Waals surface area (Å²) in [5, 5.41) is 2.31. The highest BCUT2D eigenvalue weighted by Crippen LogP contribution is 2.42. The molecule has 198 valence electrons. The molecule has 1 amide bonds. The molecule has 1 saturated heterocycles. The molecule has 1 aliphatic carbocycles. The van der Waals surface area contributed by atoms with E-state index in [1.54, 1.807) is 6.92 Å². The van der Waals surface area contributed by atoms with E-state index in [0.717, 1.165) is 12.1 Å². The third-order valence-corrected chi connectivity index (χ3v) is 9.18. The maximum atomic E-state index is 14.0. The molecule has 6 nitrogen and oxygen atoms in total. The standard InChI is InChI=1S/C22H29ClF5N3O3S/c1-2-13-35(33,34)31-11-9-30(10-12-31)20(5-7-21(24,25)8-6-20)15-29-19(32)17-4-3-16(14-18(17)23)22(26,27)28/h3-4,14H,2,5-13,15H2,1H3,(H,29,32). The van der Waals surface area contributed by atoms with Gasteiger partial charge in [0.2, 0.25) is 15.9 Å². The summed E-state index contributed by atoms with van der Waals surface area (Å²) in [5.41, 5.74) is -1.96. The van der Waals surface area contributed by atoms with Crippen molar-refractivity contribution in [1.82, 2.24) is 14.5 Å². The van der Waals surface area contributed by atoms with Gasteiger partial charge in [-0.15, -0.1) is 0 Å². The summed E-state index contributed by atoms with van der Waals surface area (Å²) in [4.78, 5) is 14.7. The Morgan fingerprint density at radius 1 is 1.09 bits per heavy atom. The molecule has 1 aromatic rings. The number of carbonyl (C=O) groups excluding carboxylic acids is 1. The van der Waals surface area contributed by atoms with Gasteiger partial charge < -0.3 is 5.32 Å². The zero-order valence-corrected chi connectivity index (χ0v) is 20.9. The highest BCUT2D eigenvalue weighted by Gasteiger charge is 2.47. The monoisotopic (exact) mass is 545 g/mol. The van der Waals surface area contributed by atoms with E-state index >= 15 is 0 Å². The number of nitrogens with one attached hydrogen (secondary N) is 1. The molecule has 1 aromatic carbocycles. The molecule has 1 N–H and O–H groups in total. The summed E-state index contributed by atoms with van der Waals surface area (Å²) in [7, 11) is -3.38. The summed E-state index contributed by atoms with van der Waals surface area (Å²) in [6.07, 6.45) is -4.70. The molecule has 2 fully saturated rings. The smallest absolute Gasteiger partial charge is 0.350 e. The Hall–Kier alpha value is -1.50. The second-order valence-electron chi connectivity index (χ2n) is 9.16. The number of sulfonamides is 1. The number of nitrogens with zero attached hydrogens (tertiary/aromatic N) is 2. The minimum atomic E-state index is -4.61. The Morgan fingerprint density at radius 3 is 2.20 bits per heavy atom. The first-order valence-corrected chi connectivity index (χ1v) is 13.4. The van der Waals surface area contributed by atoms with E-state index in [2.05, 4.69) is 5.32 Å². The topological polar surface area (TPSA) is 69.7 Å². The van der Waals surface area contributed by atoms with Crippen LogP contribution in [0.25, 0.3) is 0 Å². The predicted octanol–water partition coefficient (Wildman–Crippen LogP) is 4.39. The first-order chi connectivity index (χ1) is 16.2. The van der Waals surface area contributed by atoms with Crippen LogP contribution < -0.4 is 5.32 Å². The maximum Gasteiger partial charge on any atom is 0.416 e. The van der Waals surface area contributed by atoms with Crippen LogP contribution >= 0.6 is 11.6 Å². The largest absolute Gasteiger partial charge is 0.416 e. The zero-order valence-electron chi connectivity index (χ0n) is 19.3. The van der Waals surface area contributed by atoms with Gasteiger partial charge in [-0.05, 0) is 37.5 Å². The molecule has 3 rings (SSSR count). The van der Waals surface area contributed by atoms with Crippen LogP contribution in [0.2, 0.25) is 5.02 Å². The Balaban J connectivity index is 1.73. The number of piperazine rings is 1. The van der Waals surface area contributed by atoms with Gasteiger partial charge in [0.05, 0.1) is 21.9 Å². The van der Waals surface area contributed by atoms with Crippen molar-refractivity contribution < 1.29 is 35.2 Å². The Bertz CT molecular complexity index is 1020. The fraction of sp³-hybridized carbons (Fsp3) is 0.682. The van der Waals surface area contributed by atoms with Gasteiger partial charge in [-0.2, -0.15) is 17.5 Å². The zero-order chi connectivity index (χ0) is 26.1. The predicted molar refractivity (Wildman–Crippen MR) is 122 cm³/mol. The second kappa shape index (κ2) is 10.5. The van der Waals surface area contributed by atoms with Crippen LogP contribution in [0.5, 0.6) is 0 Å². The van der Waals surface area contributed by atoms with Crippen LogP contribution in [-0.4, -0.2) is 73.5 Å². The van der Waals surface area contributed by atoms with Crippen molar-refractivity contribution in [2.45, 2.75) is 56.7 Å². The van der Waals surface area contributed by atoms with E-state index < -0.39 is 39.1 Å². The minimum absolute atomic E-state index is 0.0129. The molecule has 0 spiro atoms. The van der Waals surface area contributed by atoms with Crippen LogP contribution in [0.4, 0.5) is 22.0 Å². The summed E-state index contributed by atoms with van der Waals surface area (Å²) < 4.78 is 92.8. The van der Waals surface area contributed by atoms with Crippen molar-refractivity contribution in [1.29, 1.82) is 0 Å². The van der Waals surface area contributed by atoms with E-state index in [1.165, 1.54) is 4.31 Å². The van der Waals surface area contributed by atoms with E-state index in [1.807, 2.05) is 4.90 Å². The molecule has 1 saturated carbocycles. The summed E-state index contributed by atoms with van der Waals surface area (Å²) >= 11 is 5.92. The molecular weight excluding hydrogens is 517 g/mol. The quantitative estimate of drug-likeness (QED) is 0.516. The lowest BCUT2D eigenvalue weighted by molar-refractivity contribution is -0.137. The van der Waals surface area contributed by atoms with Crippen molar-refractivity contribution in [3.63, 3.8) is 0 Å². The van der Waals surface area contributed by atoms with Crippen LogP contribution in [0.15, 0.2) is 18.2 Å². The van der Waals surface area contributed by atoms with Crippen molar-refractivity contribution >= 4 is 27.5 Å². The molecule has 1 aliphatic heterocycles. The van der Waals surface area contributed by atoms with Crippen molar-refractivity contribution in [3.05, 3.63) is 34.3 Å². The van der Waals surface area contributed by atoms with Gasteiger partial charge in [-0.1, -0.05) is 18.5 Å². The third kappa shape index (κ3) is 6.64. The normalized spacial score (nSPS) is 21.6. The van der Waals surface area contributed by atoms with Crippen molar-refractivity contribution in [2.24, 2.45) is 0 Å². The van der Waals surface area contributed by atoms with Gasteiger partial charge in [-0.25, -0.2) is 17.2 Å². The number of hydrogen-bond donors (Lipinski definition) is 1. The summed E-state index contributed by atoms with van der Waals surface area (Å²) in [6, 6.07) is 2.41. The number of benzene rings is 1. The fourth-order valence-corrected chi connectivity index (χ4v) is 6.49. The molecule has 0 unspecified atom stereocenters. The third-order valence-electron chi connectivity index (χ3n) is 6.80. The van der Waals surface area contributed by atoms with Gasteiger partial charge in [0, 0.05) is 51.1 Å². The summed E-state index contributed by atoms with van der Waals surface area (Å²) in [5.74, 6) is -3.49. The number of hydrogen-bond acceptors (Lipinski definition) is 4. The SMILES string of the molecule is CCCS(=O)(=O)N1CCN(C2(CNC(=O)c3ccc(C(F)(F)F)cc3Cl)CCC(F)(F)CC2)CC1. The molecule has 0 aromatic heterocycles. The van der Waals surface area contributed by atoms with E-state index in [-0.39, 0.29) is 61.7 Å². The fourth-order valence-electron chi connectivity index (χ4n) is 4.73. The lowest BCUT2D eigenvalue weighted by Gasteiger charge is -2.50. The van der Waals surface area contributed by atoms with Crippen LogP contribution in [0.3, 0.4) is 0 Å². The van der Waals surface area contributed by atoms with Crippen LogP contribution in [0, 0.1) is 0 Å². The number of alkyl halides is 5. The van der Waals surface area contributed by atoms with Gasteiger partial charge >= 0.3 is 6.18 Å². The van der Waals surface area contributed by atoms with Crippen LogP contribution in [0.1, 0.15) is 54.9 Å². The van der Waals surface area contributed by atoms with E-state index in [9.17, 15) is 35.2 Å². The molecule has 1 heterocycles. The molecular formula is C22H29ClF5N3O3S. The Kier molecular flexibility index (Phi) is 8.40. The Labute approximate surface area is 206 Å². The van der Waals surface area contributed by atoms with Crippen molar-refractivity contribution in [2.75, 3.05) is 38.5 Å². The van der Waals surface area contributed by atoms with E-state index in [4.69, 9.17) is 11.6 Å². The average molecular weight is 546 g/mol. The van der Waals surface area contributed by atoms with E-state index in [0.29, 0.717) is 25.6 Å². The number of carbonyl (C=O) groups is 1. The van der Waals surface area contributed by atoms with Gasteiger partial charge in [0.25, 0.3) is 5.91 Å². The average Bonchev–Trinajstić information content (AvgIpc) is 2.78. The maximum absolute atomic E-state index is 14.0. The first kappa shape index (κ1) is 28.1. The number of amides is 1. The second-order valence-corrected chi connectivity index (χ2v) is 11.7. The molecule has 0 bridgehead atoms. The van der Waals surface area contributed by atoms with Gasteiger partial charge in [0.15, 0.2) is 0 Å². The summed E-state index contributed by atoms with van der Waals surface area (Å²) in [6.45, 7) is 2.85. The first-order valence-electron chi connectivity index (χ1n) is 11.4. The molecule has 13 heteroatoms. The van der Waals surface area contributed by atoms with Gasteiger partial charge in [0.1, 0.15) is 0 Å². The molecule has 0 radical (unpaired) electrons. The van der Waals surface area contributed by atoms with Crippen LogP contribution in [-0.2, 0) is 16.2 Å². The van der Waals surface area contributed by atoms with Crippen molar-refractivity contribution in [3.8, 4) is 0 Å². The molecule has 35 heavy (non-hydrogen) atoms. The number of rotatable bonds is 7. The number of halogens is 6. The molecule has 0 atom stereocenters. The highest BCUT2D eigenvalue weighted by atomic mass is 35.5. The molecule has 2 aliphatic rings.